The first-order chi connectivity index (χ1) is 8.41. The monoisotopic (exact) mass is 269 g/mol. The molecular formula is C12H14ClN2O3-. The SMILES string of the molecule is CC(C)CCN=Cc1cc(Cl)cc([N+](=O)[O-])c1[O-]. The molecule has 1 rings (SSSR count). The highest BCUT2D eigenvalue weighted by Crippen LogP contribution is 2.29. The molecule has 0 heterocycles. The Morgan fingerprint density at radius 1 is 1.50 bits per heavy atom. The number of hydrogen-bond acceptors (Lipinski definition) is 4. The minimum Gasteiger partial charge on any atom is -0.867 e. The molecule has 0 amide bonds. The molecule has 0 aliphatic heterocycles. The second-order valence-electron chi connectivity index (χ2n) is 4.32. The number of nitro groups is 1. The smallest absolute Gasteiger partial charge is 0.263 e. The summed E-state index contributed by atoms with van der Waals surface area (Å²) in [6.07, 6.45) is 2.25. The summed E-state index contributed by atoms with van der Waals surface area (Å²) in [5, 5.41) is 22.5. The van der Waals surface area contributed by atoms with Gasteiger partial charge in [-0.2, -0.15) is 0 Å². The minimum absolute atomic E-state index is 0.151. The Morgan fingerprint density at radius 3 is 2.72 bits per heavy atom. The normalized spacial score (nSPS) is 11.3. The van der Waals surface area contributed by atoms with Crippen LogP contribution in [-0.4, -0.2) is 17.7 Å². The first-order valence-electron chi connectivity index (χ1n) is 5.56. The predicted molar refractivity (Wildman–Crippen MR) is 69.5 cm³/mol. The summed E-state index contributed by atoms with van der Waals surface area (Å²) in [5.74, 6) is -0.139. The van der Waals surface area contributed by atoms with E-state index in [-0.39, 0.29) is 10.6 Å². The van der Waals surface area contributed by atoms with E-state index in [4.69, 9.17) is 11.6 Å². The first-order valence-corrected chi connectivity index (χ1v) is 5.94. The summed E-state index contributed by atoms with van der Waals surface area (Å²) >= 11 is 5.72. The fourth-order valence-electron chi connectivity index (χ4n) is 1.33. The highest BCUT2D eigenvalue weighted by molar-refractivity contribution is 6.31. The van der Waals surface area contributed by atoms with Crippen LogP contribution >= 0.6 is 11.6 Å². The molecule has 0 fully saturated rings. The zero-order chi connectivity index (χ0) is 13.7. The van der Waals surface area contributed by atoms with Crippen molar-refractivity contribution in [1.82, 2.24) is 0 Å². The van der Waals surface area contributed by atoms with Crippen molar-refractivity contribution in [3.63, 3.8) is 0 Å². The predicted octanol–water partition coefficient (Wildman–Crippen LogP) is 2.79. The van der Waals surface area contributed by atoms with Crippen LogP contribution in [0.4, 0.5) is 5.69 Å². The lowest BCUT2D eigenvalue weighted by atomic mass is 10.1. The van der Waals surface area contributed by atoms with Crippen molar-refractivity contribution < 1.29 is 10.0 Å². The molecule has 1 aromatic rings. The third-order valence-corrected chi connectivity index (χ3v) is 2.54. The Morgan fingerprint density at radius 2 is 2.17 bits per heavy atom. The van der Waals surface area contributed by atoms with Gasteiger partial charge in [0.2, 0.25) is 0 Å². The van der Waals surface area contributed by atoms with E-state index < -0.39 is 16.4 Å². The van der Waals surface area contributed by atoms with E-state index in [1.54, 1.807) is 0 Å². The molecular weight excluding hydrogens is 256 g/mol. The van der Waals surface area contributed by atoms with E-state index in [9.17, 15) is 15.2 Å². The molecule has 0 aliphatic carbocycles. The molecule has 0 saturated heterocycles. The molecule has 5 nitrogen and oxygen atoms in total. The van der Waals surface area contributed by atoms with Gasteiger partial charge in [-0.05, 0) is 29.7 Å². The Kier molecular flexibility index (Phi) is 5.09. The fraction of sp³-hybridized carbons (Fsp3) is 0.417. The number of nitro benzene ring substituents is 1. The maximum absolute atomic E-state index is 11.7. The molecule has 0 saturated carbocycles. The van der Waals surface area contributed by atoms with Gasteiger partial charge in [0, 0.05) is 23.8 Å². The molecule has 6 heteroatoms. The van der Waals surface area contributed by atoms with Crippen molar-refractivity contribution in [2.75, 3.05) is 6.54 Å². The number of nitrogens with zero attached hydrogens (tertiary/aromatic N) is 2. The van der Waals surface area contributed by atoms with E-state index in [1.807, 2.05) is 0 Å². The Balaban J connectivity index is 2.92. The molecule has 0 N–H and O–H groups in total. The number of rotatable bonds is 5. The molecule has 0 bridgehead atoms. The maximum Gasteiger partial charge on any atom is 0.263 e. The number of benzene rings is 1. The van der Waals surface area contributed by atoms with Gasteiger partial charge in [0.25, 0.3) is 5.69 Å². The van der Waals surface area contributed by atoms with Crippen LogP contribution in [-0.2, 0) is 0 Å². The molecule has 0 unspecified atom stereocenters. The zero-order valence-corrected chi connectivity index (χ0v) is 11.0. The van der Waals surface area contributed by atoms with Crippen molar-refractivity contribution in [3.05, 3.63) is 32.8 Å². The number of hydrogen-bond donors (Lipinski definition) is 0. The van der Waals surface area contributed by atoms with Crippen LogP contribution in [0.5, 0.6) is 5.75 Å². The fourth-order valence-corrected chi connectivity index (χ4v) is 1.55. The Labute approximate surface area is 110 Å². The molecule has 1 aromatic carbocycles. The van der Waals surface area contributed by atoms with Gasteiger partial charge in [-0.1, -0.05) is 25.4 Å². The van der Waals surface area contributed by atoms with E-state index >= 15 is 0 Å². The summed E-state index contributed by atoms with van der Waals surface area (Å²) in [7, 11) is 0. The summed E-state index contributed by atoms with van der Waals surface area (Å²) in [6, 6.07) is 2.44. The molecule has 0 aromatic heterocycles. The van der Waals surface area contributed by atoms with Gasteiger partial charge < -0.3 is 5.11 Å². The van der Waals surface area contributed by atoms with Crippen molar-refractivity contribution >= 4 is 23.5 Å². The molecule has 0 aliphatic rings. The minimum atomic E-state index is -0.736. The quantitative estimate of drug-likeness (QED) is 0.468. The van der Waals surface area contributed by atoms with Gasteiger partial charge in [0.15, 0.2) is 0 Å². The lowest BCUT2D eigenvalue weighted by Crippen LogP contribution is -2.02. The van der Waals surface area contributed by atoms with Gasteiger partial charge in [-0.25, -0.2) is 0 Å². The van der Waals surface area contributed by atoms with Gasteiger partial charge in [-0.15, -0.1) is 0 Å². The third kappa shape index (κ3) is 4.00. The molecule has 0 atom stereocenters. The lowest BCUT2D eigenvalue weighted by Gasteiger charge is -2.10. The van der Waals surface area contributed by atoms with E-state index in [2.05, 4.69) is 18.8 Å². The molecule has 0 spiro atoms. The van der Waals surface area contributed by atoms with E-state index in [0.29, 0.717) is 12.5 Å². The van der Waals surface area contributed by atoms with Crippen LogP contribution < -0.4 is 5.11 Å². The van der Waals surface area contributed by atoms with E-state index in [0.717, 1.165) is 12.5 Å². The number of aliphatic imine (C=N–C) groups is 1. The maximum atomic E-state index is 11.7. The van der Waals surface area contributed by atoms with Crippen LogP contribution in [0.2, 0.25) is 5.02 Å². The van der Waals surface area contributed by atoms with Crippen LogP contribution in [0.3, 0.4) is 0 Å². The van der Waals surface area contributed by atoms with Crippen molar-refractivity contribution in [3.8, 4) is 5.75 Å². The van der Waals surface area contributed by atoms with E-state index in [1.165, 1.54) is 12.3 Å². The summed E-state index contributed by atoms with van der Waals surface area (Å²) in [4.78, 5) is 14.0. The average molecular weight is 270 g/mol. The summed E-state index contributed by atoms with van der Waals surface area (Å²) in [6.45, 7) is 4.72. The highest BCUT2D eigenvalue weighted by atomic mass is 35.5. The van der Waals surface area contributed by atoms with Gasteiger partial charge in [0.05, 0.1) is 4.92 Å². The zero-order valence-electron chi connectivity index (χ0n) is 10.2. The highest BCUT2D eigenvalue weighted by Gasteiger charge is 2.10. The third-order valence-electron chi connectivity index (χ3n) is 2.33. The summed E-state index contributed by atoms with van der Waals surface area (Å²) in [5.41, 5.74) is -0.370. The van der Waals surface area contributed by atoms with Gasteiger partial charge in [0.1, 0.15) is 0 Å². The van der Waals surface area contributed by atoms with Crippen molar-refractivity contribution in [1.29, 1.82) is 0 Å². The second kappa shape index (κ2) is 6.35. The summed E-state index contributed by atoms with van der Waals surface area (Å²) < 4.78 is 0. The van der Waals surface area contributed by atoms with Gasteiger partial charge in [-0.3, -0.25) is 15.1 Å². The standard InChI is InChI=1S/C12H15ClN2O3/c1-8(2)3-4-14-7-9-5-10(13)6-11(12(9)16)15(17)18/h5-8,16H,3-4H2,1-2H3/p-1. The Hall–Kier alpha value is -1.62. The molecule has 98 valence electrons. The van der Waals surface area contributed by atoms with Crippen LogP contribution in [0.1, 0.15) is 25.8 Å². The largest absolute Gasteiger partial charge is 0.867 e. The van der Waals surface area contributed by atoms with Crippen molar-refractivity contribution in [2.45, 2.75) is 20.3 Å². The molecule has 0 radical (unpaired) electrons. The van der Waals surface area contributed by atoms with Crippen LogP contribution in [0.25, 0.3) is 0 Å². The Bertz CT molecular complexity index is 473. The van der Waals surface area contributed by atoms with Crippen LogP contribution in [0, 0.1) is 16.0 Å². The average Bonchev–Trinajstić information content (AvgIpc) is 2.27. The van der Waals surface area contributed by atoms with Crippen LogP contribution in [0.15, 0.2) is 17.1 Å². The second-order valence-corrected chi connectivity index (χ2v) is 4.75. The first kappa shape index (κ1) is 14.4. The lowest BCUT2D eigenvalue weighted by molar-refractivity contribution is -0.398. The van der Waals surface area contributed by atoms with Crippen molar-refractivity contribution in [2.24, 2.45) is 10.9 Å². The molecule has 18 heavy (non-hydrogen) atoms. The van der Waals surface area contributed by atoms with Gasteiger partial charge >= 0.3 is 0 Å². The number of halogens is 1. The topological polar surface area (TPSA) is 78.6 Å².